The largest absolute Gasteiger partial charge is 0.416 e. The van der Waals surface area contributed by atoms with Crippen molar-refractivity contribution in [2.45, 2.75) is 38.4 Å². The summed E-state index contributed by atoms with van der Waals surface area (Å²) in [7, 11) is 0. The molecule has 4 heteroatoms. The van der Waals surface area contributed by atoms with Gasteiger partial charge in [-0.25, -0.2) is 0 Å². The Balaban J connectivity index is 1.55. The molecule has 0 spiro atoms. The molecule has 0 heterocycles. The summed E-state index contributed by atoms with van der Waals surface area (Å²) in [5, 5.41) is 3.34. The van der Waals surface area contributed by atoms with Crippen molar-refractivity contribution in [1.29, 1.82) is 0 Å². The van der Waals surface area contributed by atoms with E-state index in [1.807, 2.05) is 0 Å². The fraction of sp³-hybridized carbons (Fsp3) is 0.600. The van der Waals surface area contributed by atoms with E-state index in [2.05, 4.69) is 5.32 Å². The van der Waals surface area contributed by atoms with Gasteiger partial charge < -0.3 is 5.32 Å². The summed E-state index contributed by atoms with van der Waals surface area (Å²) in [5.41, 5.74) is 0.637. The van der Waals surface area contributed by atoms with Gasteiger partial charge in [-0.2, -0.15) is 13.2 Å². The van der Waals surface area contributed by atoms with E-state index in [9.17, 15) is 13.2 Å². The predicted octanol–water partition coefficient (Wildman–Crippen LogP) is 3.99. The van der Waals surface area contributed by atoms with E-state index in [1.54, 1.807) is 6.07 Å². The lowest BCUT2D eigenvalue weighted by molar-refractivity contribution is -0.137. The highest BCUT2D eigenvalue weighted by atomic mass is 19.4. The molecule has 2 fully saturated rings. The third-order valence-electron chi connectivity index (χ3n) is 4.40. The number of hydrogen-bond donors (Lipinski definition) is 1. The molecule has 0 saturated heterocycles. The van der Waals surface area contributed by atoms with Crippen molar-refractivity contribution < 1.29 is 13.2 Å². The molecule has 1 N–H and O–H groups in total. The van der Waals surface area contributed by atoms with E-state index < -0.39 is 11.7 Å². The summed E-state index contributed by atoms with van der Waals surface area (Å²) in [6, 6.07) is 5.59. The van der Waals surface area contributed by atoms with E-state index in [0.717, 1.165) is 18.5 Å². The molecule has 0 atom stereocenters. The minimum atomic E-state index is -4.25. The van der Waals surface area contributed by atoms with E-state index in [-0.39, 0.29) is 0 Å². The Morgan fingerprint density at radius 3 is 2.53 bits per heavy atom. The topological polar surface area (TPSA) is 12.0 Å². The van der Waals surface area contributed by atoms with Gasteiger partial charge in [-0.15, -0.1) is 0 Å². The normalized spacial score (nSPS) is 21.4. The summed E-state index contributed by atoms with van der Waals surface area (Å²) in [6.45, 7) is 1.48. The molecule has 19 heavy (non-hydrogen) atoms. The van der Waals surface area contributed by atoms with Crippen molar-refractivity contribution in [3.8, 4) is 0 Å². The van der Waals surface area contributed by atoms with Crippen LogP contribution in [0.5, 0.6) is 0 Å². The number of rotatable bonds is 5. The molecule has 0 unspecified atom stereocenters. The molecule has 0 aromatic heterocycles. The Bertz CT molecular complexity index is 459. The van der Waals surface area contributed by atoms with Crippen molar-refractivity contribution >= 4 is 0 Å². The minimum Gasteiger partial charge on any atom is -0.312 e. The molecule has 2 saturated carbocycles. The summed E-state index contributed by atoms with van der Waals surface area (Å²) >= 11 is 0. The SMILES string of the molecule is FC(F)(F)c1cccc(CNCC2(C3CC3)CC2)c1. The minimum absolute atomic E-state index is 0.488. The van der Waals surface area contributed by atoms with Crippen molar-refractivity contribution in [2.24, 2.45) is 11.3 Å². The second kappa shape index (κ2) is 4.51. The predicted molar refractivity (Wildman–Crippen MR) is 67.5 cm³/mol. The lowest BCUT2D eigenvalue weighted by Gasteiger charge is -2.15. The highest BCUT2D eigenvalue weighted by Gasteiger charge is 2.53. The van der Waals surface area contributed by atoms with Gasteiger partial charge in [-0.05, 0) is 48.6 Å². The van der Waals surface area contributed by atoms with Gasteiger partial charge in [0.1, 0.15) is 0 Å². The molecule has 0 bridgehead atoms. The Hall–Kier alpha value is -1.03. The zero-order valence-corrected chi connectivity index (χ0v) is 10.8. The number of nitrogens with one attached hydrogen (secondary N) is 1. The maximum Gasteiger partial charge on any atom is 0.416 e. The maximum atomic E-state index is 12.6. The van der Waals surface area contributed by atoms with E-state index in [0.29, 0.717) is 17.5 Å². The summed E-state index contributed by atoms with van der Waals surface area (Å²) in [5.74, 6) is 0.876. The number of alkyl halides is 3. The molecule has 1 aromatic carbocycles. The van der Waals surface area contributed by atoms with Crippen LogP contribution in [0, 0.1) is 11.3 Å². The lowest BCUT2D eigenvalue weighted by Crippen LogP contribution is -2.25. The molecule has 0 amide bonds. The van der Waals surface area contributed by atoms with Crippen molar-refractivity contribution in [1.82, 2.24) is 5.32 Å². The smallest absolute Gasteiger partial charge is 0.312 e. The molecule has 2 aliphatic carbocycles. The summed E-state index contributed by atoms with van der Waals surface area (Å²) < 4.78 is 37.7. The molecule has 2 aliphatic rings. The van der Waals surface area contributed by atoms with Gasteiger partial charge in [-0.3, -0.25) is 0 Å². The van der Waals surface area contributed by atoms with Crippen LogP contribution in [0.3, 0.4) is 0 Å². The molecule has 3 rings (SSSR count). The summed E-state index contributed by atoms with van der Waals surface area (Å²) in [6.07, 6.45) is 0.999. The average molecular weight is 269 g/mol. The van der Waals surface area contributed by atoms with Gasteiger partial charge in [0.25, 0.3) is 0 Å². The zero-order valence-electron chi connectivity index (χ0n) is 10.8. The van der Waals surface area contributed by atoms with Crippen molar-refractivity contribution in [3.05, 3.63) is 35.4 Å². The van der Waals surface area contributed by atoms with Gasteiger partial charge in [0.15, 0.2) is 0 Å². The Kier molecular flexibility index (Phi) is 3.08. The quantitative estimate of drug-likeness (QED) is 0.852. The molecule has 0 aliphatic heterocycles. The molecular weight excluding hydrogens is 251 g/mol. The van der Waals surface area contributed by atoms with Gasteiger partial charge >= 0.3 is 6.18 Å². The third-order valence-corrected chi connectivity index (χ3v) is 4.40. The first-order valence-electron chi connectivity index (χ1n) is 6.86. The van der Waals surface area contributed by atoms with Gasteiger partial charge in [0, 0.05) is 13.1 Å². The first-order valence-corrected chi connectivity index (χ1v) is 6.86. The lowest BCUT2D eigenvalue weighted by atomic mass is 10.0. The zero-order chi connectivity index (χ0) is 13.5. The van der Waals surface area contributed by atoms with Crippen LogP contribution in [0.2, 0.25) is 0 Å². The molecule has 1 nitrogen and oxygen atoms in total. The summed E-state index contributed by atoms with van der Waals surface area (Å²) in [4.78, 5) is 0. The molecule has 104 valence electrons. The van der Waals surface area contributed by atoms with Crippen molar-refractivity contribution in [3.63, 3.8) is 0 Å². The van der Waals surface area contributed by atoms with Crippen LogP contribution in [-0.4, -0.2) is 6.54 Å². The van der Waals surface area contributed by atoms with Crippen LogP contribution in [0.25, 0.3) is 0 Å². The first-order chi connectivity index (χ1) is 9.00. The van der Waals surface area contributed by atoms with Crippen LogP contribution in [0.15, 0.2) is 24.3 Å². The highest BCUT2D eigenvalue weighted by molar-refractivity contribution is 5.25. The Morgan fingerprint density at radius 2 is 1.95 bits per heavy atom. The molecule has 0 radical (unpaired) electrons. The monoisotopic (exact) mass is 269 g/mol. The van der Waals surface area contributed by atoms with Crippen LogP contribution in [0.1, 0.15) is 36.8 Å². The fourth-order valence-corrected chi connectivity index (χ4v) is 2.90. The van der Waals surface area contributed by atoms with Crippen LogP contribution in [0.4, 0.5) is 13.2 Å². The molecular formula is C15H18F3N. The van der Waals surface area contributed by atoms with Crippen LogP contribution >= 0.6 is 0 Å². The van der Waals surface area contributed by atoms with Gasteiger partial charge in [-0.1, -0.05) is 18.2 Å². The Labute approximate surface area is 111 Å². The molecule has 1 aromatic rings. The highest BCUT2D eigenvalue weighted by Crippen LogP contribution is 2.60. The van der Waals surface area contributed by atoms with Crippen molar-refractivity contribution in [2.75, 3.05) is 6.54 Å². The van der Waals surface area contributed by atoms with E-state index in [1.165, 1.54) is 37.8 Å². The van der Waals surface area contributed by atoms with E-state index in [4.69, 9.17) is 0 Å². The standard InChI is InChI=1S/C15H18F3N/c16-15(17,18)13-3-1-2-11(8-13)9-19-10-14(6-7-14)12-4-5-12/h1-3,8,12,19H,4-7,9-10H2. The van der Waals surface area contributed by atoms with E-state index >= 15 is 0 Å². The van der Waals surface area contributed by atoms with Crippen LogP contribution in [-0.2, 0) is 12.7 Å². The fourth-order valence-electron chi connectivity index (χ4n) is 2.90. The third kappa shape index (κ3) is 2.94. The van der Waals surface area contributed by atoms with Crippen LogP contribution < -0.4 is 5.32 Å². The first kappa shape index (κ1) is 13.0. The van der Waals surface area contributed by atoms with Gasteiger partial charge in [0.2, 0.25) is 0 Å². The second-order valence-corrected chi connectivity index (χ2v) is 5.94. The van der Waals surface area contributed by atoms with Gasteiger partial charge in [0.05, 0.1) is 5.56 Å². The number of hydrogen-bond acceptors (Lipinski definition) is 1. The average Bonchev–Trinajstić information content (AvgIpc) is 3.22. The Morgan fingerprint density at radius 1 is 1.21 bits per heavy atom. The maximum absolute atomic E-state index is 12.6. The number of benzene rings is 1. The number of halogens is 3. The second-order valence-electron chi connectivity index (χ2n) is 5.94.